The Morgan fingerprint density at radius 3 is 0.785 bits per heavy atom. The number of alkyl halides is 9. The Balaban J connectivity index is 0.000000176. The van der Waals surface area contributed by atoms with Crippen molar-refractivity contribution < 1.29 is 108 Å². The number of Topliss-reactive ketones (excluding diaryl/α,β-unsaturated/α-hetero) is 3. The number of furan rings is 3. The molecule has 674 valence electrons. The Kier molecular flexibility index (Phi) is 27.8. The molecule has 3 atom stereocenters. The molecule has 6 heterocycles. The van der Waals surface area contributed by atoms with Gasteiger partial charge in [0.15, 0.2) is 17.3 Å². The number of halogens is 15. The number of aromatic nitrogens is 3. The van der Waals surface area contributed by atoms with Gasteiger partial charge in [-0.3, -0.25) is 28.8 Å². The van der Waals surface area contributed by atoms with Crippen LogP contribution in [0.25, 0.3) is 101 Å². The van der Waals surface area contributed by atoms with Crippen LogP contribution in [-0.2, 0) is 19.3 Å². The molecule has 12 aromatic rings. The fourth-order valence-corrected chi connectivity index (χ4v) is 15.7. The zero-order valence-corrected chi connectivity index (χ0v) is 69.7. The Hall–Kier alpha value is -13.8. The van der Waals surface area contributed by atoms with Gasteiger partial charge in [-0.15, -0.1) is 0 Å². The van der Waals surface area contributed by atoms with Crippen molar-refractivity contribution in [2.75, 3.05) is 21.1 Å². The molecule has 6 aromatic carbocycles. The number of nitrogens with one attached hydrogen (secondary N) is 3. The Labute approximate surface area is 734 Å². The number of hydrogen-bond acceptors (Lipinski definition) is 15. The number of carbonyl (C=O) groups excluding carboxylic acids is 6. The predicted molar refractivity (Wildman–Crippen MR) is 451 cm³/mol. The van der Waals surface area contributed by atoms with Crippen LogP contribution in [0, 0.1) is 103 Å². The monoisotopic (exact) mass is 1800 g/mol. The minimum atomic E-state index is -4.52. The van der Waals surface area contributed by atoms with Crippen LogP contribution in [-0.4, -0.2) is 89.7 Å². The number of pyridine rings is 3. The zero-order valence-electron chi connectivity index (χ0n) is 69.7. The van der Waals surface area contributed by atoms with Crippen molar-refractivity contribution in [2.24, 2.45) is 34.0 Å². The van der Waals surface area contributed by atoms with Gasteiger partial charge in [0.1, 0.15) is 52.2 Å². The summed E-state index contributed by atoms with van der Waals surface area (Å²) in [5, 5.41) is 37.1. The summed E-state index contributed by atoms with van der Waals surface area (Å²) in [4.78, 5) is 91.8. The van der Waals surface area contributed by atoms with Crippen LogP contribution in [0.15, 0.2) is 159 Å². The number of carbonyl (C=O) groups is 6. The number of rotatable bonds is 27. The van der Waals surface area contributed by atoms with Crippen molar-refractivity contribution in [1.29, 1.82) is 15.8 Å². The summed E-state index contributed by atoms with van der Waals surface area (Å²) < 4.78 is 223. The molecule has 130 heavy (non-hydrogen) atoms. The topological polar surface area (TPSA) is 288 Å². The van der Waals surface area contributed by atoms with Crippen molar-refractivity contribution >= 4 is 68.4 Å². The van der Waals surface area contributed by atoms with E-state index >= 15 is 0 Å². The van der Waals surface area contributed by atoms with E-state index in [1.54, 1.807) is 20.8 Å². The molecule has 0 saturated heterocycles. The number of amides is 3. The molecule has 0 bridgehead atoms. The van der Waals surface area contributed by atoms with E-state index in [0.29, 0.717) is 16.7 Å². The molecule has 3 fully saturated rings. The van der Waals surface area contributed by atoms with Gasteiger partial charge in [0.05, 0.1) is 101 Å². The van der Waals surface area contributed by atoms with E-state index < -0.39 is 143 Å². The smallest absolute Gasteiger partial charge is 0.389 e. The Morgan fingerprint density at radius 1 is 0.362 bits per heavy atom. The molecule has 18 nitrogen and oxygen atoms in total. The van der Waals surface area contributed by atoms with Crippen LogP contribution < -0.4 is 16.0 Å². The molecule has 0 spiro atoms. The van der Waals surface area contributed by atoms with Crippen molar-refractivity contribution in [2.45, 2.75) is 143 Å². The minimum absolute atomic E-state index is 0. The second kappa shape index (κ2) is 37.9. The van der Waals surface area contributed by atoms with Crippen LogP contribution in [0.4, 0.5) is 65.9 Å². The highest BCUT2D eigenvalue weighted by Gasteiger charge is 2.47. The molecule has 3 aliphatic carbocycles. The van der Waals surface area contributed by atoms with E-state index in [2.05, 4.69) is 49.1 Å². The number of ketones is 3. The van der Waals surface area contributed by atoms with Gasteiger partial charge in [0.2, 0.25) is 17.1 Å². The van der Waals surface area contributed by atoms with E-state index in [1.165, 1.54) is 149 Å². The number of nitriles is 3. The number of hydrogen-bond donors (Lipinski definition) is 3. The lowest BCUT2D eigenvalue weighted by atomic mass is 9.80. The summed E-state index contributed by atoms with van der Waals surface area (Å²) in [6.07, 6.45) is -14.8. The van der Waals surface area contributed by atoms with Crippen molar-refractivity contribution in [3.05, 3.63) is 231 Å². The second-order valence-corrected chi connectivity index (χ2v) is 32.8. The van der Waals surface area contributed by atoms with E-state index in [4.69, 9.17) is 13.3 Å². The van der Waals surface area contributed by atoms with Gasteiger partial charge >= 0.3 is 18.5 Å². The van der Waals surface area contributed by atoms with Crippen molar-refractivity contribution in [3.63, 3.8) is 0 Å². The largest absolute Gasteiger partial charge is 0.437 e. The van der Waals surface area contributed by atoms with Gasteiger partial charge in [-0.25, -0.2) is 41.3 Å². The average molecular weight is 1800 g/mol. The first-order valence-corrected chi connectivity index (χ1v) is 40.8. The summed E-state index contributed by atoms with van der Waals surface area (Å²) in [6, 6.07) is 37.0. The van der Waals surface area contributed by atoms with Crippen LogP contribution in [0.5, 0.6) is 0 Å². The van der Waals surface area contributed by atoms with E-state index in [0.717, 1.165) is 56.7 Å². The maximum atomic E-state index is 15.0. The van der Waals surface area contributed by atoms with Gasteiger partial charge in [0, 0.05) is 93.0 Å². The number of aryl methyl sites for hydroxylation is 3. The number of fused-ring (bicyclic) bond motifs is 3. The molecule has 6 aromatic heterocycles. The molecule has 3 saturated carbocycles. The predicted octanol–water partition coefficient (Wildman–Crippen LogP) is 24.1. The molecule has 33 heteroatoms. The first kappa shape index (κ1) is 95.3. The summed E-state index contributed by atoms with van der Waals surface area (Å²) in [6.45, 7) is 4.99. The third kappa shape index (κ3) is 21.3. The zero-order chi connectivity index (χ0) is 93.3. The van der Waals surface area contributed by atoms with E-state index in [1.807, 2.05) is 0 Å². The Morgan fingerprint density at radius 2 is 0.585 bits per heavy atom. The molecular weight excluding hydrogens is 1720 g/mol. The summed E-state index contributed by atoms with van der Waals surface area (Å²) >= 11 is 0. The highest BCUT2D eigenvalue weighted by atomic mass is 19.4. The second-order valence-electron chi connectivity index (χ2n) is 32.8. The number of nitrogens with zero attached hydrogens (tertiary/aromatic N) is 6. The molecule has 3 amide bonds. The Bertz CT molecular complexity index is 5930. The first-order valence-electron chi connectivity index (χ1n) is 40.8. The van der Waals surface area contributed by atoms with Gasteiger partial charge in [-0.1, -0.05) is 25.6 Å². The van der Waals surface area contributed by atoms with Gasteiger partial charge in [-0.2, -0.15) is 55.3 Å². The van der Waals surface area contributed by atoms with Crippen molar-refractivity contribution in [3.8, 4) is 85.6 Å². The van der Waals surface area contributed by atoms with Crippen LogP contribution in [0.1, 0.15) is 184 Å². The molecule has 3 N–H and O–H groups in total. The standard InChI is InChI=1S/3C32H26F5N3O3.CH4/c3*1-31(16-38,19-6-7-19)15-26(41)22-13-18(5-10-24(22)34)21-14-23-27(29(42)39-2)28(17-3-8-20(33)9-4-17)43-30(23)40-25(21)11-12-32(35,36)37;/h3*3-5,8-10,13-14,19H,6-7,11-12,15H2,1-2H3,(H,39,42);1H4. The fourth-order valence-electron chi connectivity index (χ4n) is 15.7. The van der Waals surface area contributed by atoms with E-state index in [-0.39, 0.29) is 179 Å². The molecule has 0 radical (unpaired) electrons. The maximum Gasteiger partial charge on any atom is 0.389 e. The highest BCUT2D eigenvalue weighted by Crippen LogP contribution is 2.52. The van der Waals surface area contributed by atoms with Crippen LogP contribution >= 0.6 is 0 Å². The lowest BCUT2D eigenvalue weighted by molar-refractivity contribution is -0.135. The minimum Gasteiger partial charge on any atom is -0.437 e. The maximum absolute atomic E-state index is 15.0. The van der Waals surface area contributed by atoms with Crippen molar-refractivity contribution in [1.82, 2.24) is 30.9 Å². The lowest BCUT2D eigenvalue weighted by Gasteiger charge is -2.20. The average Bonchev–Trinajstić information content (AvgIpc) is 1.60. The third-order valence-electron chi connectivity index (χ3n) is 23.4. The SMILES string of the molecule is C.CNC(=O)c1c(-c2ccc(F)cc2)oc2nc(CCC(F)(F)F)c(-c3ccc(F)c(C(=O)CC(C)(C#N)C4CC4)c3)cc12.CNC(=O)c1c(-c2ccc(F)cc2)oc2nc(CCC(F)(F)F)c(-c3ccc(F)c(C(=O)CC(C)(C#N)C4CC4)c3)cc12.CNC(=O)c1c(-c2ccc(F)cc2)oc2nc(CCC(F)(F)F)c(-c3ccc(F)c(C(=O)CC(C)(C#N)C4CC4)c3)cc12. The molecule has 15 rings (SSSR count). The molecule has 3 unspecified atom stereocenters. The molecule has 3 aliphatic rings. The van der Waals surface area contributed by atoms with Crippen LogP contribution in [0.3, 0.4) is 0 Å². The number of benzene rings is 6. The van der Waals surface area contributed by atoms with Gasteiger partial charge in [0.25, 0.3) is 17.7 Å². The molecular formula is C97H82F15N9O9. The first-order chi connectivity index (χ1) is 61.0. The van der Waals surface area contributed by atoms with Gasteiger partial charge < -0.3 is 29.2 Å². The van der Waals surface area contributed by atoms with E-state index in [9.17, 15) is 110 Å². The summed E-state index contributed by atoms with van der Waals surface area (Å²) in [5.41, 5.74) is -2.16. The molecule has 0 aliphatic heterocycles. The lowest BCUT2D eigenvalue weighted by Crippen LogP contribution is -2.22. The summed E-state index contributed by atoms with van der Waals surface area (Å²) in [5.74, 6) is -7.41. The van der Waals surface area contributed by atoms with Gasteiger partial charge in [-0.05, 0) is 240 Å². The normalized spacial score (nSPS) is 14.6. The highest BCUT2D eigenvalue weighted by molar-refractivity contribution is 6.14. The van der Waals surface area contributed by atoms with Crippen LogP contribution in [0.2, 0.25) is 0 Å². The quantitative estimate of drug-likeness (QED) is 0.0319. The fraction of sp³-hybridized carbons (Fsp3) is 0.320. The third-order valence-corrected chi connectivity index (χ3v) is 23.4. The summed E-state index contributed by atoms with van der Waals surface area (Å²) in [7, 11) is 4.16.